The number of nitrogens with one attached hydrogen (secondary N) is 5. The fraction of sp³-hybridized carbons (Fsp3) is 0.885. The zero-order valence-corrected chi connectivity index (χ0v) is 77.1. The quantitative estimate of drug-likeness (QED) is 0.0200. The van der Waals surface area contributed by atoms with Gasteiger partial charge in [0.15, 0.2) is 18.9 Å². The Labute approximate surface area is 777 Å². The van der Waals surface area contributed by atoms with Crippen LogP contribution in [-0.2, 0) is 95.2 Å². The lowest BCUT2D eigenvalue weighted by Crippen LogP contribution is -2.72. The Balaban J connectivity index is 1.33. The van der Waals surface area contributed by atoms with Crippen LogP contribution in [0.4, 0.5) is 0 Å². The molecule has 776 valence electrons. The third-order valence-electron chi connectivity index (χ3n) is 25.0. The normalized spacial score (nSPS) is 34.3. The van der Waals surface area contributed by atoms with Crippen LogP contribution in [0.1, 0.15) is 228 Å². The first kappa shape index (κ1) is 117. The van der Waals surface area contributed by atoms with Gasteiger partial charge in [0.05, 0.1) is 94.8 Å². The summed E-state index contributed by atoms with van der Waals surface area (Å²) in [6.07, 6.45) is -36.6. The molecule has 6 aliphatic rings. The highest BCUT2D eigenvalue weighted by Gasteiger charge is 2.65. The molecule has 0 aromatic heterocycles. The van der Waals surface area contributed by atoms with Crippen molar-refractivity contribution in [2.75, 3.05) is 46.2 Å². The minimum atomic E-state index is -3.72. The number of aliphatic hydroxyl groups is 19. The number of allylic oxidation sites excluding steroid dienone is 1. The molecule has 134 heavy (non-hydrogen) atoms. The van der Waals surface area contributed by atoms with Crippen molar-refractivity contribution in [2.45, 2.75) is 441 Å². The SMILES string of the molecule is CCCCCCCCCCCCC/C=C/[C@@H](O)[C@H](CO[C@@H]1OC(CO)[C@@H](O[C@@H]2OC(CO)[C@H](O[C@@H]3OC(CO)[C@H](O)[C@H](O)C3NC(C)=O)[C@H](O[C@]3(C(=O)O)CC(O)[C@@H](NC(C)=O)C([C@H](O)[C@@H](CO)O[C@]4(C(=O)O)CC(O)[C@@H](NC(C)=O)C([C@H](O)[C@@H](CO)O[C@]5(C(=O)O)CC(O)[C@@H](NC(C)=O)C([C@H](O)[C@H](O)CO)O5)O4)O3)C2O)[C@H](O)C1O)NC(=O)CCCCCCCCCCCCCCC. The van der Waals surface area contributed by atoms with Crippen molar-refractivity contribution in [1.82, 2.24) is 26.6 Å². The second-order valence-corrected chi connectivity index (χ2v) is 35.7. The minimum Gasteiger partial charge on any atom is -0.477 e. The van der Waals surface area contributed by atoms with E-state index in [0.717, 1.165) is 98.3 Å². The average Bonchev–Trinajstić information content (AvgIpc) is 0.746. The lowest BCUT2D eigenvalue weighted by atomic mass is 9.86. The molecule has 0 saturated carbocycles. The first-order chi connectivity index (χ1) is 63.6. The number of hydrogen-bond acceptors (Lipinski definition) is 39. The summed E-state index contributed by atoms with van der Waals surface area (Å²) in [7, 11) is 0. The van der Waals surface area contributed by atoms with Crippen molar-refractivity contribution >= 4 is 47.4 Å². The molecule has 0 radical (unpaired) electrons. The van der Waals surface area contributed by atoms with Gasteiger partial charge in [-0.3, -0.25) is 24.0 Å². The molecule has 6 aliphatic heterocycles. The number of aliphatic hydroxyl groups excluding tert-OH is 19. The number of carbonyl (C=O) groups excluding carboxylic acids is 5. The van der Waals surface area contributed by atoms with Gasteiger partial charge in [-0.2, -0.15) is 0 Å². The molecule has 6 rings (SSSR count). The van der Waals surface area contributed by atoms with E-state index in [4.69, 9.17) is 56.8 Å². The van der Waals surface area contributed by atoms with E-state index in [9.17, 15) is 151 Å². The lowest BCUT2D eigenvalue weighted by Gasteiger charge is -2.52. The van der Waals surface area contributed by atoms with Gasteiger partial charge in [-0.1, -0.05) is 167 Å². The predicted octanol–water partition coefficient (Wildman–Crippen LogP) is -5.30. The topological polar surface area (TPSA) is 753 Å². The van der Waals surface area contributed by atoms with Gasteiger partial charge in [-0.15, -0.1) is 0 Å². The smallest absolute Gasteiger partial charge is 0.364 e. The highest BCUT2D eigenvalue weighted by molar-refractivity contribution is 5.79. The Hall–Kier alpha value is -5.74. The van der Waals surface area contributed by atoms with Crippen LogP contribution in [0, 0.1) is 0 Å². The largest absolute Gasteiger partial charge is 0.477 e. The van der Waals surface area contributed by atoms with Crippen LogP contribution >= 0.6 is 0 Å². The molecule has 6 saturated heterocycles. The minimum absolute atomic E-state index is 0.0796. The van der Waals surface area contributed by atoms with E-state index >= 15 is 0 Å². The van der Waals surface area contributed by atoms with E-state index < -0.39 is 326 Å². The van der Waals surface area contributed by atoms with Crippen LogP contribution < -0.4 is 26.6 Å². The Morgan fingerprint density at radius 2 is 0.776 bits per heavy atom. The first-order valence-corrected chi connectivity index (χ1v) is 46.8. The third-order valence-corrected chi connectivity index (χ3v) is 25.0. The van der Waals surface area contributed by atoms with Gasteiger partial charge >= 0.3 is 17.9 Å². The fourth-order valence-corrected chi connectivity index (χ4v) is 17.7. The van der Waals surface area contributed by atoms with E-state index in [-0.39, 0.29) is 6.42 Å². The van der Waals surface area contributed by atoms with Gasteiger partial charge in [0.1, 0.15) is 128 Å². The van der Waals surface area contributed by atoms with Crippen LogP contribution in [-0.4, -0.2) is 419 Å². The molecule has 0 aromatic rings. The van der Waals surface area contributed by atoms with Crippen molar-refractivity contribution in [3.8, 4) is 0 Å². The number of amides is 5. The van der Waals surface area contributed by atoms with E-state index in [2.05, 4.69) is 40.4 Å². The number of hydrogen-bond donors (Lipinski definition) is 27. The van der Waals surface area contributed by atoms with Crippen molar-refractivity contribution < 1.29 is 208 Å². The summed E-state index contributed by atoms with van der Waals surface area (Å²) in [4.78, 5) is 106. The molecule has 0 aliphatic carbocycles. The number of ether oxygens (including phenoxy) is 12. The second-order valence-electron chi connectivity index (χ2n) is 35.7. The Kier molecular flexibility index (Phi) is 50.5. The summed E-state index contributed by atoms with van der Waals surface area (Å²) in [6.45, 7) is -0.815. The molecule has 6 heterocycles. The van der Waals surface area contributed by atoms with Crippen molar-refractivity contribution in [1.29, 1.82) is 0 Å². The molecule has 6 fully saturated rings. The maximum atomic E-state index is 14.4. The van der Waals surface area contributed by atoms with Crippen LogP contribution in [0.15, 0.2) is 12.2 Å². The number of carboxylic acids is 3. The fourth-order valence-electron chi connectivity index (χ4n) is 17.7. The maximum absolute atomic E-state index is 14.4. The van der Waals surface area contributed by atoms with Crippen LogP contribution in [0.5, 0.6) is 0 Å². The van der Waals surface area contributed by atoms with Gasteiger partial charge in [0, 0.05) is 53.4 Å². The van der Waals surface area contributed by atoms with Crippen LogP contribution in [0.25, 0.3) is 0 Å². The van der Waals surface area contributed by atoms with Gasteiger partial charge in [-0.05, 0) is 19.3 Å². The number of aliphatic carboxylic acids is 3. The highest BCUT2D eigenvalue weighted by Crippen LogP contribution is 2.44. The highest BCUT2D eigenvalue weighted by atomic mass is 16.8. The summed E-state index contributed by atoms with van der Waals surface area (Å²) < 4.78 is 71.7. The standard InChI is InChI=1S/C87H151N5O42/c1-7-9-11-13-15-17-19-21-23-25-27-29-31-33-50(103)49(92-60(108)34-32-30-28-26-24-22-20-18-16-14-12-10-8-2)44-123-80-71(115)70(114)73(58(42-97)125-80)127-81-72(116)78(74(59(43-98)126-81)128-79-64(91-48(6)102)69(113)66(110)55(39-94)124-79)134-87(84(121)122)37-53(106)63(90-47(5)101)77(133-87)68(112)57(41-96)130-86(83(119)120)36-52(105)62(89-46(4)100)76(132-86)67(111)56(40-95)129-85(82(117)118)35-51(104)61(88-45(3)99)75(131-85)65(109)54(107)38-93/h31,33,49-59,61-81,93-98,103-107,109-116H,7-30,32,34-44H2,1-6H3,(H,88,99)(H,89,100)(H,90,101)(H,91,102)(H,92,108)(H,117,118)(H,119,120)(H,121,122)/b33-31+/t49-,50+,51?,52?,53?,54+,55?,56+,57+,58?,59?,61+,62+,63+,64?,65+,66-,67+,68+,69+,70+,71?,72?,73+,74-,75?,76?,77?,78+,79-,80+,81-,85+,86+,87-/m0/s1. The van der Waals surface area contributed by atoms with Crippen molar-refractivity contribution in [3.05, 3.63) is 12.2 Å². The summed E-state index contributed by atoms with van der Waals surface area (Å²) >= 11 is 0. The lowest BCUT2D eigenvalue weighted by molar-refractivity contribution is -0.402. The number of carbonyl (C=O) groups is 8. The summed E-state index contributed by atoms with van der Waals surface area (Å²) in [6, 6.07) is -9.22. The zero-order chi connectivity index (χ0) is 99.5. The molecule has 35 atom stereocenters. The van der Waals surface area contributed by atoms with E-state index in [1.165, 1.54) is 83.1 Å². The molecule has 12 unspecified atom stereocenters. The van der Waals surface area contributed by atoms with Gasteiger partial charge < -0.3 is 196 Å². The molecule has 0 bridgehead atoms. The predicted molar refractivity (Wildman–Crippen MR) is 459 cm³/mol. The molecule has 0 spiro atoms. The summed E-state index contributed by atoms with van der Waals surface area (Å²) in [5.74, 6) is -22.2. The second kappa shape index (κ2) is 57.9. The molecule has 47 nitrogen and oxygen atoms in total. The molecular weight excluding hydrogens is 1790 g/mol. The monoisotopic (exact) mass is 1940 g/mol. The Morgan fingerprint density at radius 3 is 1.19 bits per heavy atom. The zero-order valence-electron chi connectivity index (χ0n) is 77.1. The van der Waals surface area contributed by atoms with Crippen molar-refractivity contribution in [2.24, 2.45) is 0 Å². The van der Waals surface area contributed by atoms with Gasteiger partial charge in [-0.25, -0.2) is 14.4 Å². The number of rotatable bonds is 61. The Bertz CT molecular complexity index is 3530. The molecule has 5 amide bonds. The molecule has 0 aromatic carbocycles. The van der Waals surface area contributed by atoms with E-state index in [0.29, 0.717) is 12.8 Å². The molecule has 27 N–H and O–H groups in total. The maximum Gasteiger partial charge on any atom is 0.364 e. The Morgan fingerprint density at radius 1 is 0.403 bits per heavy atom. The third kappa shape index (κ3) is 33.2. The van der Waals surface area contributed by atoms with E-state index in [1.807, 2.05) is 0 Å². The van der Waals surface area contributed by atoms with Crippen molar-refractivity contribution in [3.63, 3.8) is 0 Å². The number of unbranched alkanes of at least 4 members (excludes halogenated alkanes) is 23. The molecular formula is C87H151N5O42. The van der Waals surface area contributed by atoms with Gasteiger partial charge in [0.2, 0.25) is 29.5 Å². The summed E-state index contributed by atoms with van der Waals surface area (Å²) in [5, 5.41) is 263. The first-order valence-electron chi connectivity index (χ1n) is 46.8. The van der Waals surface area contributed by atoms with Gasteiger partial charge in [0.25, 0.3) is 17.4 Å². The van der Waals surface area contributed by atoms with Crippen LogP contribution in [0.3, 0.4) is 0 Å². The molecule has 47 heteroatoms. The average molecular weight is 1940 g/mol. The van der Waals surface area contributed by atoms with E-state index in [1.54, 1.807) is 6.08 Å². The summed E-state index contributed by atoms with van der Waals surface area (Å²) in [5.41, 5.74) is 0. The van der Waals surface area contributed by atoms with Crippen LogP contribution in [0.2, 0.25) is 0 Å². The number of carboxylic acid groups (broad SMARTS) is 3.